The van der Waals surface area contributed by atoms with Crippen molar-refractivity contribution in [2.75, 3.05) is 6.61 Å². The quantitative estimate of drug-likeness (QED) is 0.765. The van der Waals surface area contributed by atoms with Crippen molar-refractivity contribution in [2.45, 2.75) is 26.1 Å². The van der Waals surface area contributed by atoms with Crippen molar-refractivity contribution in [3.05, 3.63) is 11.9 Å². The summed E-state index contributed by atoms with van der Waals surface area (Å²) in [6, 6.07) is 0. The molecule has 1 aromatic heterocycles. The van der Waals surface area contributed by atoms with Crippen LogP contribution in [0, 0.1) is 0 Å². The molecular weight excluding hydrogens is 176 g/mol. The number of hydrogen-bond donors (Lipinski definition) is 1. The molecule has 1 aromatic rings. The summed E-state index contributed by atoms with van der Waals surface area (Å²) in [5.41, 5.74) is 0.584. The van der Waals surface area contributed by atoms with Gasteiger partial charge in [0.25, 0.3) is 0 Å². The molecule has 5 heteroatoms. The van der Waals surface area contributed by atoms with Crippen molar-refractivity contribution in [2.24, 2.45) is 0 Å². The lowest BCUT2D eigenvalue weighted by Crippen LogP contribution is -2.11. The zero-order chi connectivity index (χ0) is 8.97. The maximum atomic E-state index is 9.44. The normalized spacial score (nSPS) is 13.7. The standard InChI is InChI=1S/C7H12N2O2S/c1-5(2)11-4-7(10)6-3-8-12-9-6/h3,5,7,10H,4H2,1-2H3. The minimum absolute atomic E-state index is 0.131. The van der Waals surface area contributed by atoms with Crippen LogP contribution in [-0.4, -0.2) is 26.6 Å². The van der Waals surface area contributed by atoms with E-state index in [1.165, 1.54) is 0 Å². The van der Waals surface area contributed by atoms with Crippen molar-refractivity contribution in [1.82, 2.24) is 8.75 Å². The van der Waals surface area contributed by atoms with Gasteiger partial charge in [0, 0.05) is 0 Å². The van der Waals surface area contributed by atoms with E-state index in [0.717, 1.165) is 11.7 Å². The van der Waals surface area contributed by atoms with Crippen molar-refractivity contribution in [3.63, 3.8) is 0 Å². The van der Waals surface area contributed by atoms with Crippen LogP contribution in [0.2, 0.25) is 0 Å². The Labute approximate surface area is 75.5 Å². The van der Waals surface area contributed by atoms with Gasteiger partial charge in [-0.2, -0.15) is 8.75 Å². The predicted molar refractivity (Wildman–Crippen MR) is 46.0 cm³/mol. The summed E-state index contributed by atoms with van der Waals surface area (Å²) in [6.45, 7) is 4.13. The highest BCUT2D eigenvalue weighted by Crippen LogP contribution is 2.10. The molecule has 1 N–H and O–H groups in total. The first-order valence-electron chi connectivity index (χ1n) is 3.77. The van der Waals surface area contributed by atoms with Gasteiger partial charge in [0.1, 0.15) is 11.8 Å². The number of aliphatic hydroxyl groups excluding tert-OH is 1. The Kier molecular flexibility index (Phi) is 3.58. The number of ether oxygens (including phenoxy) is 1. The second kappa shape index (κ2) is 4.49. The van der Waals surface area contributed by atoms with E-state index in [0.29, 0.717) is 5.69 Å². The van der Waals surface area contributed by atoms with Crippen LogP contribution >= 0.6 is 11.7 Å². The topological polar surface area (TPSA) is 55.2 Å². The smallest absolute Gasteiger partial charge is 0.122 e. The zero-order valence-corrected chi connectivity index (χ0v) is 7.91. The molecule has 12 heavy (non-hydrogen) atoms. The minimum Gasteiger partial charge on any atom is -0.384 e. The molecule has 1 atom stereocenters. The second-order valence-electron chi connectivity index (χ2n) is 2.73. The zero-order valence-electron chi connectivity index (χ0n) is 7.10. The van der Waals surface area contributed by atoms with Crippen LogP contribution in [-0.2, 0) is 4.74 Å². The highest BCUT2D eigenvalue weighted by Gasteiger charge is 2.10. The number of nitrogens with zero attached hydrogens (tertiary/aromatic N) is 2. The molecule has 4 nitrogen and oxygen atoms in total. The van der Waals surface area contributed by atoms with Gasteiger partial charge in [-0.3, -0.25) is 0 Å². The molecule has 0 aliphatic heterocycles. The third-order valence-corrected chi connectivity index (χ3v) is 1.80. The lowest BCUT2D eigenvalue weighted by molar-refractivity contribution is 0.00356. The Hall–Kier alpha value is -0.520. The average Bonchev–Trinajstić information content (AvgIpc) is 2.51. The van der Waals surface area contributed by atoms with Gasteiger partial charge in [-0.05, 0) is 13.8 Å². The predicted octanol–water partition coefficient (Wildman–Crippen LogP) is 0.996. The second-order valence-corrected chi connectivity index (χ2v) is 3.29. The fourth-order valence-electron chi connectivity index (χ4n) is 0.688. The molecule has 0 amide bonds. The highest BCUT2D eigenvalue weighted by molar-refractivity contribution is 6.99. The number of hydrogen-bond acceptors (Lipinski definition) is 5. The third kappa shape index (κ3) is 2.84. The van der Waals surface area contributed by atoms with Gasteiger partial charge in [0.05, 0.1) is 30.6 Å². The maximum absolute atomic E-state index is 9.44. The monoisotopic (exact) mass is 188 g/mol. The first-order chi connectivity index (χ1) is 5.70. The summed E-state index contributed by atoms with van der Waals surface area (Å²) in [7, 11) is 0. The van der Waals surface area contributed by atoms with Gasteiger partial charge in [0.15, 0.2) is 0 Å². The van der Waals surface area contributed by atoms with E-state index in [4.69, 9.17) is 4.74 Å². The third-order valence-electron chi connectivity index (χ3n) is 1.31. The lowest BCUT2D eigenvalue weighted by Gasteiger charge is -2.10. The molecule has 0 radical (unpaired) electrons. The van der Waals surface area contributed by atoms with Gasteiger partial charge in [-0.1, -0.05) is 0 Å². The largest absolute Gasteiger partial charge is 0.384 e. The summed E-state index contributed by atoms with van der Waals surface area (Å²) in [6.07, 6.45) is 1.04. The molecule has 0 saturated heterocycles. The van der Waals surface area contributed by atoms with Gasteiger partial charge in [0.2, 0.25) is 0 Å². The van der Waals surface area contributed by atoms with Crippen LogP contribution in [0.1, 0.15) is 25.6 Å². The Balaban J connectivity index is 2.34. The summed E-state index contributed by atoms with van der Waals surface area (Å²) in [4.78, 5) is 0. The Morgan fingerprint density at radius 3 is 2.92 bits per heavy atom. The molecule has 1 rings (SSSR count). The van der Waals surface area contributed by atoms with Crippen molar-refractivity contribution >= 4 is 11.7 Å². The summed E-state index contributed by atoms with van der Waals surface area (Å²) < 4.78 is 12.9. The highest BCUT2D eigenvalue weighted by atomic mass is 32.1. The first-order valence-corrected chi connectivity index (χ1v) is 4.50. The van der Waals surface area contributed by atoms with E-state index < -0.39 is 6.10 Å². The lowest BCUT2D eigenvalue weighted by atomic mass is 10.3. The number of rotatable bonds is 4. The van der Waals surface area contributed by atoms with E-state index >= 15 is 0 Å². The SMILES string of the molecule is CC(C)OCC(O)c1cnsn1. The van der Waals surface area contributed by atoms with Gasteiger partial charge in [-0.15, -0.1) is 0 Å². The van der Waals surface area contributed by atoms with Gasteiger partial charge >= 0.3 is 0 Å². The molecule has 0 bridgehead atoms. The van der Waals surface area contributed by atoms with Crippen LogP contribution in [0.4, 0.5) is 0 Å². The molecule has 68 valence electrons. The van der Waals surface area contributed by atoms with Crippen LogP contribution in [0.15, 0.2) is 6.20 Å². The Morgan fingerprint density at radius 1 is 1.67 bits per heavy atom. The molecule has 0 spiro atoms. The Bertz CT molecular complexity index is 213. The van der Waals surface area contributed by atoms with Crippen molar-refractivity contribution < 1.29 is 9.84 Å². The fourth-order valence-corrected chi connectivity index (χ4v) is 1.15. The Morgan fingerprint density at radius 2 is 2.42 bits per heavy atom. The first kappa shape index (κ1) is 9.57. The van der Waals surface area contributed by atoms with Crippen LogP contribution < -0.4 is 0 Å². The van der Waals surface area contributed by atoms with E-state index in [2.05, 4.69) is 8.75 Å². The van der Waals surface area contributed by atoms with Gasteiger partial charge in [-0.25, -0.2) is 0 Å². The average molecular weight is 188 g/mol. The van der Waals surface area contributed by atoms with Crippen LogP contribution in [0.5, 0.6) is 0 Å². The van der Waals surface area contributed by atoms with Crippen molar-refractivity contribution in [1.29, 1.82) is 0 Å². The summed E-state index contributed by atoms with van der Waals surface area (Å²) >= 11 is 1.09. The molecule has 0 aliphatic rings. The molecule has 0 saturated carbocycles. The van der Waals surface area contributed by atoms with Crippen molar-refractivity contribution in [3.8, 4) is 0 Å². The molecule has 1 unspecified atom stereocenters. The van der Waals surface area contributed by atoms with E-state index in [1.54, 1.807) is 6.20 Å². The molecule has 0 aliphatic carbocycles. The fraction of sp³-hybridized carbons (Fsp3) is 0.714. The molecular formula is C7H12N2O2S. The van der Waals surface area contributed by atoms with E-state index in [1.807, 2.05) is 13.8 Å². The summed E-state index contributed by atoms with van der Waals surface area (Å²) in [5.74, 6) is 0. The van der Waals surface area contributed by atoms with E-state index in [-0.39, 0.29) is 12.7 Å². The van der Waals surface area contributed by atoms with E-state index in [9.17, 15) is 5.11 Å². The van der Waals surface area contributed by atoms with Crippen LogP contribution in [0.25, 0.3) is 0 Å². The number of aliphatic hydroxyl groups is 1. The molecule has 1 heterocycles. The minimum atomic E-state index is -0.647. The molecule has 0 fully saturated rings. The van der Waals surface area contributed by atoms with Crippen LogP contribution in [0.3, 0.4) is 0 Å². The maximum Gasteiger partial charge on any atom is 0.122 e. The number of aromatic nitrogens is 2. The summed E-state index contributed by atoms with van der Waals surface area (Å²) in [5, 5.41) is 9.44. The molecule has 0 aromatic carbocycles. The van der Waals surface area contributed by atoms with Gasteiger partial charge < -0.3 is 9.84 Å².